The molecule has 1 aliphatic rings. The van der Waals surface area contributed by atoms with Crippen LogP contribution in [0.4, 0.5) is 45.5 Å². The number of anilines is 1. The predicted octanol–water partition coefficient (Wildman–Crippen LogP) is 6.27. The first-order valence-corrected chi connectivity index (χ1v) is 13.0. The smallest absolute Gasteiger partial charge is 0.337 e. The summed E-state index contributed by atoms with van der Waals surface area (Å²) in [4.78, 5) is 20.7. The van der Waals surface area contributed by atoms with Crippen molar-refractivity contribution in [3.8, 4) is 0 Å². The second-order valence-corrected chi connectivity index (χ2v) is 10.3. The number of hydrogen-bond acceptors (Lipinski definition) is 6. The monoisotopic (exact) mass is 623 g/mol. The van der Waals surface area contributed by atoms with E-state index in [4.69, 9.17) is 0 Å². The number of aromatic nitrogens is 5. The summed E-state index contributed by atoms with van der Waals surface area (Å²) in [7, 11) is 2.84. The Morgan fingerprint density at radius 1 is 0.860 bits per heavy atom. The second-order valence-electron chi connectivity index (χ2n) is 10.3. The number of aryl methyl sites for hydroxylation is 1. The van der Waals surface area contributed by atoms with Crippen molar-refractivity contribution in [1.29, 1.82) is 0 Å². The van der Waals surface area contributed by atoms with Gasteiger partial charge in [-0.15, -0.1) is 5.10 Å². The molecule has 0 aliphatic heterocycles. The molecule has 0 saturated heterocycles. The van der Waals surface area contributed by atoms with Gasteiger partial charge in [-0.2, -0.15) is 44.3 Å². The van der Waals surface area contributed by atoms with Crippen LogP contribution >= 0.6 is 0 Å². The number of halogens is 9. The fourth-order valence-electron chi connectivity index (χ4n) is 4.91. The van der Waals surface area contributed by atoms with Crippen LogP contribution in [0.25, 0.3) is 0 Å². The Labute approximate surface area is 239 Å². The molecule has 3 aromatic rings. The molecule has 43 heavy (non-hydrogen) atoms. The van der Waals surface area contributed by atoms with Crippen LogP contribution in [0.2, 0.25) is 0 Å². The minimum Gasteiger partial charge on any atom is -0.337 e. The highest BCUT2D eigenvalue weighted by atomic mass is 19.4. The van der Waals surface area contributed by atoms with Crippen LogP contribution in [0, 0.1) is 0 Å². The number of rotatable bonds is 7. The van der Waals surface area contributed by atoms with Crippen LogP contribution in [0.3, 0.4) is 0 Å². The van der Waals surface area contributed by atoms with E-state index in [1.807, 2.05) is 0 Å². The molecule has 0 atom stereocenters. The number of carbonyl (C=O) groups is 1. The van der Waals surface area contributed by atoms with E-state index in [-0.39, 0.29) is 29.3 Å². The summed E-state index contributed by atoms with van der Waals surface area (Å²) in [5, 5.41) is 11.3. The number of pyridine rings is 1. The standard InChI is InChI=1S/C26H26F9N7O/c1-40(20-6-4-3-5-7-20)22(43)21-16(10-19(12-36-21)26(33,34)35)14-42(23-37-39-41(2)38-23)13-15-8-17(24(27,28)29)11-18(9-15)25(30,31)32/h8-12,20H,3-7,13-14H2,1-2H3. The summed E-state index contributed by atoms with van der Waals surface area (Å²) in [6.45, 7) is -1.33. The van der Waals surface area contributed by atoms with E-state index in [1.165, 1.54) is 19.0 Å². The number of amides is 1. The number of carbonyl (C=O) groups excluding carboxylic acids is 1. The summed E-state index contributed by atoms with van der Waals surface area (Å²) >= 11 is 0. The van der Waals surface area contributed by atoms with Gasteiger partial charge >= 0.3 is 18.5 Å². The highest BCUT2D eigenvalue weighted by Crippen LogP contribution is 2.37. The molecule has 17 heteroatoms. The predicted molar refractivity (Wildman–Crippen MR) is 133 cm³/mol. The lowest BCUT2D eigenvalue weighted by atomic mass is 9.94. The molecular weight excluding hydrogens is 597 g/mol. The van der Waals surface area contributed by atoms with Crippen molar-refractivity contribution in [3.63, 3.8) is 0 Å². The minimum absolute atomic E-state index is 0.0387. The zero-order chi connectivity index (χ0) is 31.7. The quantitative estimate of drug-likeness (QED) is 0.289. The molecule has 0 radical (unpaired) electrons. The molecule has 1 fully saturated rings. The zero-order valence-electron chi connectivity index (χ0n) is 22.9. The number of alkyl halides is 9. The highest BCUT2D eigenvalue weighted by molar-refractivity contribution is 5.94. The summed E-state index contributed by atoms with van der Waals surface area (Å²) < 4.78 is 122. The maximum absolute atomic E-state index is 13.7. The van der Waals surface area contributed by atoms with Crippen LogP contribution in [-0.4, -0.2) is 49.1 Å². The van der Waals surface area contributed by atoms with Gasteiger partial charge in [0.15, 0.2) is 0 Å². The molecule has 4 rings (SSSR count). The molecular formula is C26H26F9N7O. The number of tetrazole rings is 1. The number of nitrogens with zero attached hydrogens (tertiary/aromatic N) is 7. The lowest BCUT2D eigenvalue weighted by Crippen LogP contribution is -2.39. The van der Waals surface area contributed by atoms with Crippen molar-refractivity contribution in [2.24, 2.45) is 7.05 Å². The van der Waals surface area contributed by atoms with Crippen molar-refractivity contribution < 1.29 is 44.3 Å². The third-order valence-corrected chi connectivity index (χ3v) is 7.10. The Bertz CT molecular complexity index is 1410. The van der Waals surface area contributed by atoms with Crippen LogP contribution in [-0.2, 0) is 38.7 Å². The Morgan fingerprint density at radius 3 is 1.95 bits per heavy atom. The first kappa shape index (κ1) is 32.0. The molecule has 2 aromatic heterocycles. The molecule has 0 unspecified atom stereocenters. The third-order valence-electron chi connectivity index (χ3n) is 7.10. The average Bonchev–Trinajstić information content (AvgIpc) is 3.37. The fourth-order valence-corrected chi connectivity index (χ4v) is 4.91. The van der Waals surface area contributed by atoms with E-state index in [0.29, 0.717) is 37.2 Å². The van der Waals surface area contributed by atoms with Crippen LogP contribution in [0.15, 0.2) is 30.5 Å². The highest BCUT2D eigenvalue weighted by Gasteiger charge is 2.38. The zero-order valence-corrected chi connectivity index (χ0v) is 22.9. The maximum atomic E-state index is 13.7. The van der Waals surface area contributed by atoms with Crippen molar-refractivity contribution in [1.82, 2.24) is 30.1 Å². The number of benzene rings is 1. The van der Waals surface area contributed by atoms with Crippen LogP contribution in [0.5, 0.6) is 0 Å². The normalized spacial score (nSPS) is 15.0. The van der Waals surface area contributed by atoms with Gasteiger partial charge in [-0.25, -0.2) is 0 Å². The summed E-state index contributed by atoms with van der Waals surface area (Å²) in [6.07, 6.45) is -10.5. The molecule has 1 aliphatic carbocycles. The second kappa shape index (κ2) is 12.0. The summed E-state index contributed by atoms with van der Waals surface area (Å²) in [5.74, 6) is -0.994. The molecule has 2 heterocycles. The molecule has 1 saturated carbocycles. The molecule has 0 spiro atoms. The van der Waals surface area contributed by atoms with Gasteiger partial charge in [0.05, 0.1) is 23.7 Å². The van der Waals surface area contributed by atoms with E-state index in [9.17, 15) is 44.3 Å². The average molecular weight is 624 g/mol. The molecule has 0 bridgehead atoms. The number of hydrogen-bond donors (Lipinski definition) is 0. The molecule has 0 N–H and O–H groups in total. The SMILES string of the molecule is CN(C(=O)c1ncc(C(F)(F)F)cc1CN(Cc1cc(C(F)(F)F)cc(C(F)(F)F)c1)c1nnn(C)n1)C1CCCCC1. The van der Waals surface area contributed by atoms with Gasteiger partial charge in [-0.05, 0) is 47.9 Å². The van der Waals surface area contributed by atoms with Gasteiger partial charge in [0.1, 0.15) is 5.69 Å². The Balaban J connectivity index is 1.79. The van der Waals surface area contributed by atoms with Crippen LogP contribution < -0.4 is 4.90 Å². The van der Waals surface area contributed by atoms with Gasteiger partial charge < -0.3 is 9.80 Å². The summed E-state index contributed by atoms with van der Waals surface area (Å²) in [5.41, 5.74) is -5.47. The Morgan fingerprint density at radius 2 is 1.44 bits per heavy atom. The van der Waals surface area contributed by atoms with Crippen LogP contribution in [0.1, 0.15) is 70.4 Å². The van der Waals surface area contributed by atoms with Crippen molar-refractivity contribution in [3.05, 3.63) is 64.0 Å². The van der Waals surface area contributed by atoms with Crippen molar-refractivity contribution in [2.45, 2.75) is 69.8 Å². The van der Waals surface area contributed by atoms with E-state index in [0.717, 1.165) is 29.0 Å². The van der Waals surface area contributed by atoms with Crippen molar-refractivity contribution in [2.75, 3.05) is 11.9 Å². The fraction of sp³-hybridized carbons (Fsp3) is 0.500. The Hall–Kier alpha value is -3.92. The first-order chi connectivity index (χ1) is 19.9. The Kier molecular flexibility index (Phi) is 8.92. The topological polar surface area (TPSA) is 80.0 Å². The van der Waals surface area contributed by atoms with E-state index in [2.05, 4.69) is 20.4 Å². The third kappa shape index (κ3) is 7.73. The lowest BCUT2D eigenvalue weighted by molar-refractivity contribution is -0.143. The summed E-state index contributed by atoms with van der Waals surface area (Å²) in [6, 6.07) is 1.44. The lowest BCUT2D eigenvalue weighted by Gasteiger charge is -2.32. The van der Waals surface area contributed by atoms with E-state index < -0.39 is 59.8 Å². The van der Waals surface area contributed by atoms with Gasteiger partial charge in [0.25, 0.3) is 11.9 Å². The molecule has 1 amide bonds. The first-order valence-electron chi connectivity index (χ1n) is 13.0. The van der Waals surface area contributed by atoms with E-state index >= 15 is 0 Å². The largest absolute Gasteiger partial charge is 0.417 e. The molecule has 1 aromatic carbocycles. The van der Waals surface area contributed by atoms with E-state index in [1.54, 1.807) is 0 Å². The van der Waals surface area contributed by atoms with Gasteiger partial charge in [-0.3, -0.25) is 9.78 Å². The molecule has 234 valence electrons. The van der Waals surface area contributed by atoms with Gasteiger partial charge in [-0.1, -0.05) is 24.4 Å². The maximum Gasteiger partial charge on any atom is 0.417 e. The molecule has 8 nitrogen and oxygen atoms in total. The minimum atomic E-state index is -5.13. The van der Waals surface area contributed by atoms with Crippen molar-refractivity contribution >= 4 is 11.9 Å². The van der Waals surface area contributed by atoms with Gasteiger partial charge in [0, 0.05) is 37.9 Å². The van der Waals surface area contributed by atoms with Gasteiger partial charge in [0.2, 0.25) is 0 Å².